The van der Waals surface area contributed by atoms with E-state index in [1.54, 1.807) is 24.5 Å². The van der Waals surface area contributed by atoms with Crippen molar-refractivity contribution in [3.8, 4) is 0 Å². The predicted octanol–water partition coefficient (Wildman–Crippen LogP) is 3.16. The van der Waals surface area contributed by atoms with Gasteiger partial charge in [-0.2, -0.15) is 0 Å². The van der Waals surface area contributed by atoms with E-state index in [4.69, 9.17) is 4.74 Å². The summed E-state index contributed by atoms with van der Waals surface area (Å²) in [5, 5.41) is 3.60. The second-order valence-corrected chi connectivity index (χ2v) is 7.61. The first kappa shape index (κ1) is 18.9. The highest BCUT2D eigenvalue weighted by molar-refractivity contribution is 7.98. The monoisotopic (exact) mass is 400 g/mol. The van der Waals surface area contributed by atoms with Crippen molar-refractivity contribution in [2.45, 2.75) is 36.4 Å². The third kappa shape index (κ3) is 4.34. The number of amides is 1. The average Bonchev–Trinajstić information content (AvgIpc) is 3.34. The van der Waals surface area contributed by atoms with Crippen molar-refractivity contribution in [2.24, 2.45) is 0 Å². The molecule has 0 unspecified atom stereocenters. The molecule has 1 aliphatic heterocycles. The Morgan fingerprint density at radius 2 is 2.25 bits per heavy atom. The van der Waals surface area contributed by atoms with Crippen molar-refractivity contribution in [2.75, 3.05) is 13.2 Å². The maximum atomic E-state index is 13.9. The van der Waals surface area contributed by atoms with Gasteiger partial charge in [-0.05, 0) is 30.5 Å². The normalized spacial score (nSPS) is 16.5. The minimum Gasteiger partial charge on any atom is -0.376 e. The fourth-order valence-electron chi connectivity index (χ4n) is 3.20. The molecule has 1 atom stereocenters. The molecular weight excluding hydrogens is 379 g/mol. The molecule has 0 aliphatic carbocycles. The molecule has 1 fully saturated rings. The third-order valence-corrected chi connectivity index (χ3v) is 5.71. The molecule has 3 heterocycles. The highest BCUT2D eigenvalue weighted by Gasteiger charge is 2.18. The summed E-state index contributed by atoms with van der Waals surface area (Å²) in [6.07, 6.45) is 5.47. The standard InChI is InChI=1S/C20H21FN4O2S/c21-16-6-2-1-4-14(16)13-28-20-24-17-7-8-22-11-18(17)25(20)12-19(26)23-10-15-5-3-9-27-15/h1-2,4,6-8,11,15H,3,5,9-10,12-13H2,(H,23,26)/t15-/m1/s1. The van der Waals surface area contributed by atoms with Crippen molar-refractivity contribution in [1.29, 1.82) is 0 Å². The zero-order chi connectivity index (χ0) is 19.3. The van der Waals surface area contributed by atoms with E-state index in [0.717, 1.165) is 30.5 Å². The molecule has 6 nitrogen and oxygen atoms in total. The van der Waals surface area contributed by atoms with E-state index < -0.39 is 0 Å². The van der Waals surface area contributed by atoms with E-state index in [1.807, 2.05) is 16.7 Å². The van der Waals surface area contributed by atoms with Gasteiger partial charge in [0.1, 0.15) is 12.4 Å². The summed E-state index contributed by atoms with van der Waals surface area (Å²) in [6, 6.07) is 8.49. The van der Waals surface area contributed by atoms with Crippen LogP contribution in [0.3, 0.4) is 0 Å². The quantitative estimate of drug-likeness (QED) is 0.617. The summed E-state index contributed by atoms with van der Waals surface area (Å²) < 4.78 is 21.3. The first-order valence-corrected chi connectivity index (χ1v) is 10.2. The molecule has 1 aromatic carbocycles. The largest absolute Gasteiger partial charge is 0.376 e. The van der Waals surface area contributed by atoms with Crippen molar-refractivity contribution < 1.29 is 13.9 Å². The van der Waals surface area contributed by atoms with E-state index in [9.17, 15) is 9.18 Å². The highest BCUT2D eigenvalue weighted by Crippen LogP contribution is 2.27. The SMILES string of the molecule is O=C(Cn1c(SCc2ccccc2F)nc2ccncc21)NC[C@H]1CCCO1. The number of hydrogen-bond acceptors (Lipinski definition) is 5. The molecule has 28 heavy (non-hydrogen) atoms. The minimum absolute atomic E-state index is 0.0973. The van der Waals surface area contributed by atoms with Gasteiger partial charge >= 0.3 is 0 Å². The van der Waals surface area contributed by atoms with Crippen LogP contribution in [0.25, 0.3) is 11.0 Å². The van der Waals surface area contributed by atoms with Crippen LogP contribution in [0.15, 0.2) is 47.9 Å². The molecular formula is C20H21FN4O2S. The lowest BCUT2D eigenvalue weighted by Crippen LogP contribution is -2.34. The van der Waals surface area contributed by atoms with E-state index in [2.05, 4.69) is 15.3 Å². The maximum Gasteiger partial charge on any atom is 0.240 e. The lowest BCUT2D eigenvalue weighted by Gasteiger charge is -2.12. The summed E-state index contributed by atoms with van der Waals surface area (Å²) in [5.41, 5.74) is 2.15. The number of aromatic nitrogens is 3. The van der Waals surface area contributed by atoms with Crippen LogP contribution in [0.2, 0.25) is 0 Å². The van der Waals surface area contributed by atoms with Crippen LogP contribution in [0.1, 0.15) is 18.4 Å². The van der Waals surface area contributed by atoms with E-state index in [-0.39, 0.29) is 24.4 Å². The minimum atomic E-state index is -0.242. The third-order valence-electron chi connectivity index (χ3n) is 4.68. The van der Waals surface area contributed by atoms with Crippen molar-refractivity contribution in [3.63, 3.8) is 0 Å². The molecule has 3 aromatic rings. The molecule has 1 saturated heterocycles. The van der Waals surface area contributed by atoms with Gasteiger partial charge in [0.05, 0.1) is 23.3 Å². The molecule has 1 aliphatic rings. The number of thioether (sulfide) groups is 1. The summed E-state index contributed by atoms with van der Waals surface area (Å²) in [5.74, 6) is 0.0843. The zero-order valence-electron chi connectivity index (χ0n) is 15.3. The molecule has 0 spiro atoms. The van der Waals surface area contributed by atoms with Crippen LogP contribution in [0.4, 0.5) is 4.39 Å². The molecule has 1 N–H and O–H groups in total. The number of halogens is 1. The Bertz CT molecular complexity index is 972. The van der Waals surface area contributed by atoms with Gasteiger partial charge in [-0.3, -0.25) is 9.78 Å². The van der Waals surface area contributed by atoms with Crippen LogP contribution in [-0.4, -0.2) is 39.7 Å². The summed E-state index contributed by atoms with van der Waals surface area (Å²) in [6.45, 7) is 1.41. The first-order valence-electron chi connectivity index (χ1n) is 9.25. The van der Waals surface area contributed by atoms with Crippen molar-refractivity contribution in [1.82, 2.24) is 19.9 Å². The van der Waals surface area contributed by atoms with Crippen LogP contribution in [0, 0.1) is 5.82 Å². The molecule has 0 bridgehead atoms. The van der Waals surface area contributed by atoms with Gasteiger partial charge in [-0.25, -0.2) is 9.37 Å². The Morgan fingerprint density at radius 3 is 3.07 bits per heavy atom. The number of nitrogens with zero attached hydrogens (tertiary/aromatic N) is 3. The highest BCUT2D eigenvalue weighted by atomic mass is 32.2. The molecule has 2 aromatic heterocycles. The number of carbonyl (C=O) groups is 1. The number of imidazole rings is 1. The van der Waals surface area contributed by atoms with Gasteiger partial charge in [0, 0.05) is 25.1 Å². The number of fused-ring (bicyclic) bond motifs is 1. The smallest absolute Gasteiger partial charge is 0.240 e. The zero-order valence-corrected chi connectivity index (χ0v) is 16.1. The van der Waals surface area contributed by atoms with Gasteiger partial charge in [0.15, 0.2) is 5.16 Å². The Balaban J connectivity index is 1.49. The van der Waals surface area contributed by atoms with Gasteiger partial charge in [0.25, 0.3) is 0 Å². The second-order valence-electron chi connectivity index (χ2n) is 6.66. The fraction of sp³-hybridized carbons (Fsp3) is 0.350. The number of ether oxygens (including phenoxy) is 1. The lowest BCUT2D eigenvalue weighted by molar-refractivity contribution is -0.122. The molecule has 1 amide bonds. The Morgan fingerprint density at radius 1 is 1.36 bits per heavy atom. The maximum absolute atomic E-state index is 13.9. The van der Waals surface area contributed by atoms with Gasteiger partial charge in [-0.15, -0.1) is 0 Å². The number of hydrogen-bond donors (Lipinski definition) is 1. The molecule has 8 heteroatoms. The van der Waals surface area contributed by atoms with Crippen LogP contribution in [0.5, 0.6) is 0 Å². The summed E-state index contributed by atoms with van der Waals surface area (Å²) >= 11 is 1.40. The number of pyridine rings is 1. The van der Waals surface area contributed by atoms with E-state index >= 15 is 0 Å². The number of rotatable bonds is 7. The molecule has 0 radical (unpaired) electrons. The number of nitrogens with one attached hydrogen (secondary N) is 1. The van der Waals surface area contributed by atoms with Crippen molar-refractivity contribution in [3.05, 3.63) is 54.1 Å². The second kappa shape index (κ2) is 8.70. The fourth-order valence-corrected chi connectivity index (χ4v) is 4.20. The van der Waals surface area contributed by atoms with Crippen LogP contribution >= 0.6 is 11.8 Å². The Kier molecular flexibility index (Phi) is 5.87. The van der Waals surface area contributed by atoms with Crippen LogP contribution in [-0.2, 0) is 21.8 Å². The van der Waals surface area contributed by atoms with Gasteiger partial charge in [0.2, 0.25) is 5.91 Å². The van der Waals surface area contributed by atoms with E-state index in [0.29, 0.717) is 23.0 Å². The predicted molar refractivity (Wildman–Crippen MR) is 105 cm³/mol. The summed E-state index contributed by atoms with van der Waals surface area (Å²) in [4.78, 5) is 21.2. The number of carbonyl (C=O) groups excluding carboxylic acids is 1. The Labute approximate surface area is 166 Å². The van der Waals surface area contributed by atoms with Gasteiger partial charge in [-0.1, -0.05) is 30.0 Å². The van der Waals surface area contributed by atoms with Gasteiger partial charge < -0.3 is 14.6 Å². The van der Waals surface area contributed by atoms with Crippen molar-refractivity contribution >= 4 is 28.7 Å². The number of benzene rings is 1. The van der Waals surface area contributed by atoms with E-state index in [1.165, 1.54) is 17.8 Å². The average molecular weight is 400 g/mol. The molecule has 4 rings (SSSR count). The topological polar surface area (TPSA) is 69.0 Å². The summed E-state index contributed by atoms with van der Waals surface area (Å²) in [7, 11) is 0. The molecule has 146 valence electrons. The first-order chi connectivity index (χ1) is 13.7. The van der Waals surface area contributed by atoms with Crippen LogP contribution < -0.4 is 5.32 Å². The molecule has 0 saturated carbocycles. The Hall–Kier alpha value is -2.45. The lowest BCUT2D eigenvalue weighted by atomic mass is 10.2.